The van der Waals surface area contributed by atoms with E-state index in [0.29, 0.717) is 30.1 Å². The molecule has 3 aromatic rings. The summed E-state index contributed by atoms with van der Waals surface area (Å²) in [5.41, 5.74) is 32.0. The summed E-state index contributed by atoms with van der Waals surface area (Å²) in [5, 5.41) is 0. The summed E-state index contributed by atoms with van der Waals surface area (Å²) in [6, 6.07) is 16.6. The van der Waals surface area contributed by atoms with Crippen LogP contribution < -0.4 is 27.7 Å². The number of unbranched alkanes of at least 4 members (excludes halogenated alkanes) is 2. The van der Waals surface area contributed by atoms with Gasteiger partial charge in [0.25, 0.3) is 0 Å². The van der Waals surface area contributed by atoms with Crippen LogP contribution >= 0.6 is 0 Å². The molecular formula is C46H67FN4O3. The van der Waals surface area contributed by atoms with Crippen LogP contribution in [0.25, 0.3) is 22.3 Å². The second-order valence-electron chi connectivity index (χ2n) is 15.6. The van der Waals surface area contributed by atoms with Crippen molar-refractivity contribution in [3.05, 3.63) is 88.8 Å². The molecule has 0 aliphatic heterocycles. The van der Waals surface area contributed by atoms with Gasteiger partial charge in [0.15, 0.2) is 0 Å². The second kappa shape index (κ2) is 21.5. The van der Waals surface area contributed by atoms with E-state index in [1.807, 2.05) is 12.1 Å². The van der Waals surface area contributed by atoms with Crippen LogP contribution in [0.4, 0.5) is 4.39 Å². The van der Waals surface area contributed by atoms with Gasteiger partial charge in [0, 0.05) is 24.2 Å². The summed E-state index contributed by atoms with van der Waals surface area (Å²) in [7, 11) is 0. The lowest BCUT2D eigenvalue weighted by Crippen LogP contribution is -2.47. The Morgan fingerprint density at radius 3 is 1.98 bits per heavy atom. The van der Waals surface area contributed by atoms with Gasteiger partial charge in [0.1, 0.15) is 18.2 Å². The highest BCUT2D eigenvalue weighted by atomic mass is 19.1. The van der Waals surface area contributed by atoms with E-state index in [1.54, 1.807) is 13.0 Å². The summed E-state index contributed by atoms with van der Waals surface area (Å²) in [4.78, 5) is 12.2. The predicted molar refractivity (Wildman–Crippen MR) is 222 cm³/mol. The van der Waals surface area contributed by atoms with E-state index in [-0.39, 0.29) is 32.1 Å². The van der Waals surface area contributed by atoms with Gasteiger partial charge in [-0.2, -0.15) is 0 Å². The summed E-state index contributed by atoms with van der Waals surface area (Å²) in [5.74, 6) is 1.42. The number of nitrogens with two attached hydrogens (primary N) is 4. The van der Waals surface area contributed by atoms with Gasteiger partial charge in [-0.1, -0.05) is 76.4 Å². The number of carbonyl (C=O) groups is 1. The van der Waals surface area contributed by atoms with Gasteiger partial charge in [-0.25, -0.2) is 9.18 Å². The van der Waals surface area contributed by atoms with E-state index >= 15 is 4.39 Å². The van der Waals surface area contributed by atoms with Gasteiger partial charge in [-0.15, -0.1) is 0 Å². The van der Waals surface area contributed by atoms with Gasteiger partial charge >= 0.3 is 5.97 Å². The molecule has 0 amide bonds. The first-order valence-electron chi connectivity index (χ1n) is 20.5. The minimum atomic E-state index is -0.772. The number of esters is 1. The highest BCUT2D eigenvalue weighted by Gasteiger charge is 2.32. The van der Waals surface area contributed by atoms with Gasteiger partial charge in [-0.05, 0) is 147 Å². The molecule has 8 N–H and O–H groups in total. The lowest BCUT2D eigenvalue weighted by atomic mass is 9.77. The van der Waals surface area contributed by atoms with Crippen molar-refractivity contribution in [3.8, 4) is 28.0 Å². The van der Waals surface area contributed by atoms with Crippen LogP contribution in [0.3, 0.4) is 0 Å². The van der Waals surface area contributed by atoms with Crippen molar-refractivity contribution >= 4 is 5.97 Å². The van der Waals surface area contributed by atoms with E-state index in [2.05, 4.69) is 50.8 Å². The molecule has 0 aromatic heterocycles. The summed E-state index contributed by atoms with van der Waals surface area (Å²) < 4.78 is 28.0. The molecule has 0 atom stereocenters. The fourth-order valence-electron chi connectivity index (χ4n) is 7.80. The highest BCUT2D eigenvalue weighted by Crippen LogP contribution is 2.40. The molecule has 8 heteroatoms. The quantitative estimate of drug-likeness (QED) is 0.0459. The predicted octanol–water partition coefficient (Wildman–Crippen LogP) is 8.76. The number of aryl methyl sites for hydroxylation is 3. The molecule has 0 spiro atoms. The molecule has 0 heterocycles. The van der Waals surface area contributed by atoms with Crippen molar-refractivity contribution in [3.63, 3.8) is 0 Å². The maximum absolute atomic E-state index is 15.9. The monoisotopic (exact) mass is 743 g/mol. The Balaban J connectivity index is 1.62. The molecule has 296 valence electrons. The van der Waals surface area contributed by atoms with Crippen LogP contribution in [-0.2, 0) is 28.8 Å². The van der Waals surface area contributed by atoms with E-state index in [1.165, 1.54) is 38.5 Å². The van der Waals surface area contributed by atoms with Gasteiger partial charge in [-0.3, -0.25) is 0 Å². The van der Waals surface area contributed by atoms with Crippen LogP contribution in [0.5, 0.6) is 5.75 Å². The van der Waals surface area contributed by atoms with Crippen LogP contribution in [0.1, 0.15) is 113 Å². The average Bonchev–Trinajstić information content (AvgIpc) is 3.19. The van der Waals surface area contributed by atoms with Crippen molar-refractivity contribution in [2.75, 3.05) is 39.4 Å². The van der Waals surface area contributed by atoms with E-state index in [0.717, 1.165) is 95.6 Å². The largest absolute Gasteiger partial charge is 0.492 e. The Hall–Kier alpha value is -3.56. The first-order valence-corrected chi connectivity index (χ1v) is 20.5. The number of halogens is 1. The third-order valence-corrected chi connectivity index (χ3v) is 11.4. The number of ether oxygens (including phenoxy) is 2. The lowest BCUT2D eigenvalue weighted by molar-refractivity contribution is -0.142. The van der Waals surface area contributed by atoms with Crippen molar-refractivity contribution in [2.24, 2.45) is 34.3 Å². The third-order valence-electron chi connectivity index (χ3n) is 11.4. The van der Waals surface area contributed by atoms with Crippen molar-refractivity contribution in [2.45, 2.75) is 110 Å². The first-order chi connectivity index (χ1) is 26.1. The molecular weight excluding hydrogens is 676 g/mol. The maximum Gasteiger partial charge on any atom is 0.333 e. The molecule has 7 nitrogen and oxygen atoms in total. The number of hydrogen-bond acceptors (Lipinski definition) is 7. The molecule has 54 heavy (non-hydrogen) atoms. The summed E-state index contributed by atoms with van der Waals surface area (Å²) in [6.45, 7) is 11.3. The van der Waals surface area contributed by atoms with Crippen LogP contribution in [0.2, 0.25) is 0 Å². The van der Waals surface area contributed by atoms with E-state index in [4.69, 9.17) is 32.4 Å². The summed E-state index contributed by atoms with van der Waals surface area (Å²) in [6.07, 6.45) is 13.9. The fourth-order valence-corrected chi connectivity index (χ4v) is 7.80. The zero-order valence-electron chi connectivity index (χ0n) is 33.3. The molecule has 0 unspecified atom stereocenters. The topological polar surface area (TPSA) is 140 Å². The van der Waals surface area contributed by atoms with Gasteiger partial charge in [0.2, 0.25) is 0 Å². The lowest BCUT2D eigenvalue weighted by Gasteiger charge is -2.31. The second-order valence-corrected chi connectivity index (χ2v) is 15.6. The minimum absolute atomic E-state index is 0.0236. The minimum Gasteiger partial charge on any atom is -0.492 e. The van der Waals surface area contributed by atoms with Crippen LogP contribution in [0, 0.1) is 17.2 Å². The standard InChI is InChI=1S/C46H67FN4O3/c1-5-7-8-11-33-14-16-35(17-15-33)36-18-21-42(43(47)27-36)37-19-20-41(34(6-2)24-37)40-25-38(12-9-22-48)44(39(26-40)13-10-23-49)53-30-46(28-50,29-51)31-54-45(52)32(3)4/h18-21,24-27,33,35H,3,5-17,22-23,28-31,48-51H2,1-2,4H3. The molecule has 1 saturated carbocycles. The Kier molecular flexibility index (Phi) is 17.2. The zero-order valence-corrected chi connectivity index (χ0v) is 33.3. The van der Waals surface area contributed by atoms with Crippen molar-refractivity contribution < 1.29 is 18.7 Å². The molecule has 1 fully saturated rings. The normalized spacial score (nSPS) is 16.0. The molecule has 0 saturated heterocycles. The number of hydrogen-bond donors (Lipinski definition) is 4. The zero-order chi connectivity index (χ0) is 39.1. The Morgan fingerprint density at radius 1 is 0.796 bits per heavy atom. The molecule has 1 aliphatic rings. The fraction of sp³-hybridized carbons (Fsp3) is 0.543. The highest BCUT2D eigenvalue weighted by molar-refractivity contribution is 5.87. The van der Waals surface area contributed by atoms with E-state index in [9.17, 15) is 4.79 Å². The van der Waals surface area contributed by atoms with Gasteiger partial charge in [0.05, 0.1) is 12.0 Å². The smallest absolute Gasteiger partial charge is 0.333 e. The van der Waals surface area contributed by atoms with Crippen LogP contribution in [0.15, 0.2) is 60.7 Å². The first kappa shape index (κ1) is 43.2. The van der Waals surface area contributed by atoms with Crippen molar-refractivity contribution in [1.82, 2.24) is 0 Å². The Bertz CT molecular complexity index is 1630. The molecule has 3 aromatic carbocycles. The Labute approximate surface area is 324 Å². The number of benzene rings is 3. The maximum atomic E-state index is 15.9. The number of carbonyl (C=O) groups excluding carboxylic acids is 1. The molecule has 1 aliphatic carbocycles. The Morgan fingerprint density at radius 2 is 1.43 bits per heavy atom. The van der Waals surface area contributed by atoms with Crippen LogP contribution in [-0.4, -0.2) is 45.4 Å². The molecule has 4 rings (SSSR count). The number of rotatable bonds is 22. The molecule has 0 radical (unpaired) electrons. The third kappa shape index (κ3) is 11.5. The SMILES string of the molecule is C=C(C)C(=O)OCC(CN)(CN)COc1c(CCCN)cc(-c2ccc(-c3ccc(C4CCC(CCCCC)CC4)cc3F)cc2CC)cc1CCCN. The van der Waals surface area contributed by atoms with Crippen molar-refractivity contribution in [1.29, 1.82) is 0 Å². The summed E-state index contributed by atoms with van der Waals surface area (Å²) >= 11 is 0. The van der Waals surface area contributed by atoms with E-state index < -0.39 is 11.4 Å². The van der Waals surface area contributed by atoms with Gasteiger partial charge < -0.3 is 32.4 Å². The molecule has 0 bridgehead atoms. The average molecular weight is 743 g/mol.